The molecule has 1 amide bonds. The molecule has 17 heavy (non-hydrogen) atoms. The second-order valence-electron chi connectivity index (χ2n) is 4.56. The molecule has 0 atom stereocenters. The molecule has 0 bridgehead atoms. The molecule has 0 saturated heterocycles. The Morgan fingerprint density at radius 1 is 1.41 bits per heavy atom. The monoisotopic (exact) mass is 303 g/mol. The second-order valence-corrected chi connectivity index (χ2v) is 5.34. The molecule has 0 unspecified atom stereocenters. The second kappa shape index (κ2) is 4.91. The van der Waals surface area contributed by atoms with E-state index in [1.165, 1.54) is 11.0 Å². The number of rotatable bonds is 3. The van der Waals surface area contributed by atoms with Gasteiger partial charge in [-0.15, -0.1) is 0 Å². The maximum Gasteiger partial charge on any atom is 0.323 e. The van der Waals surface area contributed by atoms with Crippen LogP contribution in [-0.4, -0.2) is 34.0 Å². The van der Waals surface area contributed by atoms with E-state index in [4.69, 9.17) is 9.52 Å². The van der Waals surface area contributed by atoms with E-state index in [0.29, 0.717) is 4.67 Å². The summed E-state index contributed by atoms with van der Waals surface area (Å²) in [7, 11) is 0. The molecular weight excluding hydrogens is 290 g/mol. The van der Waals surface area contributed by atoms with Gasteiger partial charge in [0.1, 0.15) is 6.54 Å². The Kier molecular flexibility index (Phi) is 3.98. The zero-order chi connectivity index (χ0) is 13.2. The molecule has 0 fully saturated rings. The highest BCUT2D eigenvalue weighted by Crippen LogP contribution is 2.20. The summed E-state index contributed by atoms with van der Waals surface area (Å²) in [5.41, 5.74) is -0.589. The molecule has 0 aliphatic heterocycles. The third-order valence-corrected chi connectivity index (χ3v) is 2.56. The number of carboxylic acids is 1. The predicted molar refractivity (Wildman–Crippen MR) is 64.8 cm³/mol. The number of carboxylic acid groups (broad SMARTS) is 1. The standard InChI is InChI=1S/C11H14BrNO4/c1-11(2,3)13(6-9(14)15)10(16)7-4-5-8(12)17-7/h4-5H,6H2,1-3H3,(H,14,15). The predicted octanol–water partition coefficient (Wildman–Crippen LogP) is 2.37. The van der Waals surface area contributed by atoms with E-state index in [-0.39, 0.29) is 12.3 Å². The average Bonchev–Trinajstić information content (AvgIpc) is 2.58. The lowest BCUT2D eigenvalue weighted by molar-refractivity contribution is -0.138. The van der Waals surface area contributed by atoms with Gasteiger partial charge in [0.15, 0.2) is 10.4 Å². The summed E-state index contributed by atoms with van der Waals surface area (Å²) in [6.07, 6.45) is 0. The van der Waals surface area contributed by atoms with Gasteiger partial charge in [-0.05, 0) is 48.8 Å². The van der Waals surface area contributed by atoms with Crippen LogP contribution in [0.15, 0.2) is 21.2 Å². The molecule has 1 aromatic heterocycles. The van der Waals surface area contributed by atoms with Crippen LogP contribution in [0.2, 0.25) is 0 Å². The fraction of sp³-hybridized carbons (Fsp3) is 0.455. The number of halogens is 1. The molecule has 5 nitrogen and oxygen atoms in total. The van der Waals surface area contributed by atoms with Gasteiger partial charge in [-0.2, -0.15) is 0 Å². The fourth-order valence-electron chi connectivity index (χ4n) is 1.31. The summed E-state index contributed by atoms with van der Waals surface area (Å²) in [5.74, 6) is -1.38. The molecule has 1 N–H and O–H groups in total. The molecule has 0 aliphatic carbocycles. The first kappa shape index (κ1) is 13.8. The summed E-state index contributed by atoms with van der Waals surface area (Å²) in [6, 6.07) is 3.10. The number of carbonyl (C=O) groups is 2. The van der Waals surface area contributed by atoms with Crippen LogP contribution >= 0.6 is 15.9 Å². The summed E-state index contributed by atoms with van der Waals surface area (Å²) >= 11 is 3.10. The minimum absolute atomic E-state index is 0.119. The first-order chi connectivity index (χ1) is 7.71. The Labute approximate surface area is 108 Å². The first-order valence-electron chi connectivity index (χ1n) is 5.01. The van der Waals surface area contributed by atoms with E-state index in [9.17, 15) is 9.59 Å². The summed E-state index contributed by atoms with van der Waals surface area (Å²) < 4.78 is 5.57. The summed E-state index contributed by atoms with van der Waals surface area (Å²) in [6.45, 7) is 4.95. The lowest BCUT2D eigenvalue weighted by Gasteiger charge is -2.33. The molecule has 6 heteroatoms. The van der Waals surface area contributed by atoms with E-state index in [0.717, 1.165) is 0 Å². The highest BCUT2D eigenvalue weighted by molar-refractivity contribution is 9.10. The first-order valence-corrected chi connectivity index (χ1v) is 5.80. The number of carbonyl (C=O) groups excluding carboxylic acids is 1. The molecule has 1 aromatic rings. The van der Waals surface area contributed by atoms with Crippen molar-refractivity contribution in [1.82, 2.24) is 4.90 Å². The highest BCUT2D eigenvalue weighted by atomic mass is 79.9. The molecule has 1 heterocycles. The van der Waals surface area contributed by atoms with Gasteiger partial charge in [-0.1, -0.05) is 0 Å². The highest BCUT2D eigenvalue weighted by Gasteiger charge is 2.30. The Bertz CT molecular complexity index is 433. The number of hydrogen-bond donors (Lipinski definition) is 1. The Morgan fingerprint density at radius 2 is 2.00 bits per heavy atom. The van der Waals surface area contributed by atoms with Crippen molar-refractivity contribution in [1.29, 1.82) is 0 Å². The minimum Gasteiger partial charge on any atom is -0.480 e. The van der Waals surface area contributed by atoms with Crippen LogP contribution in [-0.2, 0) is 4.79 Å². The smallest absolute Gasteiger partial charge is 0.323 e. The minimum atomic E-state index is -1.06. The Morgan fingerprint density at radius 3 is 2.35 bits per heavy atom. The van der Waals surface area contributed by atoms with Gasteiger partial charge >= 0.3 is 5.97 Å². The van der Waals surface area contributed by atoms with Crippen LogP contribution in [0.4, 0.5) is 0 Å². The largest absolute Gasteiger partial charge is 0.480 e. The molecule has 1 rings (SSSR count). The zero-order valence-electron chi connectivity index (χ0n) is 9.86. The van der Waals surface area contributed by atoms with E-state index in [1.807, 2.05) is 0 Å². The number of amides is 1. The molecule has 0 radical (unpaired) electrons. The average molecular weight is 304 g/mol. The number of aliphatic carboxylic acids is 1. The summed E-state index contributed by atoms with van der Waals surface area (Å²) in [4.78, 5) is 24.1. The zero-order valence-corrected chi connectivity index (χ0v) is 11.4. The van der Waals surface area contributed by atoms with Crippen molar-refractivity contribution in [3.8, 4) is 0 Å². The number of hydrogen-bond acceptors (Lipinski definition) is 3. The number of furan rings is 1. The van der Waals surface area contributed by atoms with Crippen molar-refractivity contribution < 1.29 is 19.1 Å². The van der Waals surface area contributed by atoms with Crippen molar-refractivity contribution in [3.63, 3.8) is 0 Å². The van der Waals surface area contributed by atoms with Crippen molar-refractivity contribution >= 4 is 27.8 Å². The van der Waals surface area contributed by atoms with Gasteiger partial charge < -0.3 is 14.4 Å². The SMILES string of the molecule is CC(C)(C)N(CC(=O)O)C(=O)c1ccc(Br)o1. The van der Waals surface area contributed by atoms with Gasteiger partial charge in [0.2, 0.25) is 0 Å². The third-order valence-electron chi connectivity index (χ3n) is 2.13. The van der Waals surface area contributed by atoms with Crippen LogP contribution in [0, 0.1) is 0 Å². The molecule has 0 saturated carbocycles. The van der Waals surface area contributed by atoms with Crippen molar-refractivity contribution in [2.45, 2.75) is 26.3 Å². The van der Waals surface area contributed by atoms with Crippen LogP contribution in [0.25, 0.3) is 0 Å². The van der Waals surface area contributed by atoms with Crippen molar-refractivity contribution in [2.24, 2.45) is 0 Å². The lowest BCUT2D eigenvalue weighted by Crippen LogP contribution is -2.48. The topological polar surface area (TPSA) is 70.8 Å². The van der Waals surface area contributed by atoms with Gasteiger partial charge in [0, 0.05) is 5.54 Å². The van der Waals surface area contributed by atoms with Crippen LogP contribution in [0.3, 0.4) is 0 Å². The third kappa shape index (κ3) is 3.59. The van der Waals surface area contributed by atoms with Crippen molar-refractivity contribution in [2.75, 3.05) is 6.54 Å². The fourth-order valence-corrected chi connectivity index (χ4v) is 1.62. The lowest BCUT2D eigenvalue weighted by atomic mass is 10.1. The molecule has 0 aromatic carbocycles. The van der Waals surface area contributed by atoms with Crippen molar-refractivity contribution in [3.05, 3.63) is 22.6 Å². The van der Waals surface area contributed by atoms with Gasteiger partial charge in [-0.25, -0.2) is 0 Å². The van der Waals surface area contributed by atoms with Gasteiger partial charge in [0.25, 0.3) is 5.91 Å². The van der Waals surface area contributed by atoms with Crippen LogP contribution in [0.1, 0.15) is 31.3 Å². The maximum atomic E-state index is 12.1. The Balaban J connectivity index is 2.99. The molecular formula is C11H14BrNO4. The van der Waals surface area contributed by atoms with Gasteiger partial charge in [0.05, 0.1) is 0 Å². The quantitative estimate of drug-likeness (QED) is 0.930. The number of nitrogens with zero attached hydrogens (tertiary/aromatic N) is 1. The van der Waals surface area contributed by atoms with Crippen LogP contribution in [0.5, 0.6) is 0 Å². The molecule has 0 spiro atoms. The Hall–Kier alpha value is -1.30. The van der Waals surface area contributed by atoms with E-state index in [1.54, 1.807) is 26.8 Å². The molecule has 0 aliphatic rings. The van der Waals surface area contributed by atoms with E-state index >= 15 is 0 Å². The summed E-state index contributed by atoms with van der Waals surface area (Å²) in [5, 5.41) is 8.81. The maximum absolute atomic E-state index is 12.1. The van der Waals surface area contributed by atoms with E-state index < -0.39 is 17.4 Å². The van der Waals surface area contributed by atoms with Crippen LogP contribution < -0.4 is 0 Å². The normalized spacial score (nSPS) is 11.3. The van der Waals surface area contributed by atoms with Gasteiger partial charge in [-0.3, -0.25) is 9.59 Å². The van der Waals surface area contributed by atoms with E-state index in [2.05, 4.69) is 15.9 Å². The molecule has 94 valence electrons.